The van der Waals surface area contributed by atoms with E-state index in [1.54, 1.807) is 7.11 Å². The van der Waals surface area contributed by atoms with Crippen LogP contribution in [0.3, 0.4) is 0 Å². The minimum Gasteiger partial charge on any atom is -0.496 e. The normalized spacial score (nSPS) is 18.8. The van der Waals surface area contributed by atoms with E-state index in [0.29, 0.717) is 0 Å². The highest BCUT2D eigenvalue weighted by Crippen LogP contribution is 2.24. The zero-order valence-corrected chi connectivity index (χ0v) is 12.4. The van der Waals surface area contributed by atoms with E-state index in [2.05, 4.69) is 36.6 Å². The third-order valence-corrected chi connectivity index (χ3v) is 3.94. The molecule has 0 radical (unpaired) electrons. The van der Waals surface area contributed by atoms with E-state index in [-0.39, 0.29) is 0 Å². The number of nitrogens with one attached hydrogen (secondary N) is 2. The van der Waals surface area contributed by atoms with E-state index in [1.165, 1.54) is 36.2 Å². The first-order valence-electron chi connectivity index (χ1n) is 7.26. The van der Waals surface area contributed by atoms with Gasteiger partial charge in [-0.15, -0.1) is 0 Å². The molecule has 1 unspecified atom stereocenters. The lowest BCUT2D eigenvalue weighted by Crippen LogP contribution is -2.26. The van der Waals surface area contributed by atoms with E-state index < -0.39 is 0 Å². The number of benzene rings is 1. The Morgan fingerprint density at radius 2 is 2.21 bits per heavy atom. The summed E-state index contributed by atoms with van der Waals surface area (Å²) in [6.45, 7) is 8.78. The Kier molecular flexibility index (Phi) is 5.23. The maximum Gasteiger partial charge on any atom is 0.122 e. The summed E-state index contributed by atoms with van der Waals surface area (Å²) in [5, 5.41) is 6.98. The van der Waals surface area contributed by atoms with Crippen LogP contribution >= 0.6 is 0 Å². The molecule has 1 aliphatic heterocycles. The van der Waals surface area contributed by atoms with E-state index in [9.17, 15) is 0 Å². The van der Waals surface area contributed by atoms with Gasteiger partial charge in [-0.2, -0.15) is 0 Å². The van der Waals surface area contributed by atoms with Gasteiger partial charge in [0.1, 0.15) is 5.75 Å². The van der Waals surface area contributed by atoms with Crippen LogP contribution in [-0.4, -0.2) is 33.3 Å². The summed E-state index contributed by atoms with van der Waals surface area (Å²) in [5.41, 5.74) is 3.94. The largest absolute Gasteiger partial charge is 0.496 e. The SMILES string of the molecule is COc1cc(C)cc(C)c1CCNCC1CCNC1. The van der Waals surface area contributed by atoms with Crippen molar-refractivity contribution in [1.82, 2.24) is 10.6 Å². The van der Waals surface area contributed by atoms with Gasteiger partial charge in [-0.05, 0) is 81.5 Å². The highest BCUT2D eigenvalue weighted by molar-refractivity contribution is 5.43. The molecule has 1 aromatic rings. The molecular formula is C16H26N2O. The van der Waals surface area contributed by atoms with E-state index in [0.717, 1.165) is 31.2 Å². The van der Waals surface area contributed by atoms with Gasteiger partial charge in [-0.1, -0.05) is 6.07 Å². The molecule has 0 aliphatic carbocycles. The predicted octanol–water partition coefficient (Wildman–Crippen LogP) is 2.05. The third kappa shape index (κ3) is 3.95. The molecule has 3 heteroatoms. The lowest BCUT2D eigenvalue weighted by atomic mass is 10.0. The molecule has 0 spiro atoms. The van der Waals surface area contributed by atoms with E-state index >= 15 is 0 Å². The predicted molar refractivity (Wildman–Crippen MR) is 80.0 cm³/mol. The summed E-state index contributed by atoms with van der Waals surface area (Å²) >= 11 is 0. The van der Waals surface area contributed by atoms with Crippen molar-refractivity contribution in [2.24, 2.45) is 5.92 Å². The number of hydrogen-bond donors (Lipinski definition) is 2. The van der Waals surface area contributed by atoms with Gasteiger partial charge < -0.3 is 15.4 Å². The molecule has 1 saturated heterocycles. The Labute approximate surface area is 116 Å². The number of rotatable bonds is 6. The number of hydrogen-bond acceptors (Lipinski definition) is 3. The number of ether oxygens (including phenoxy) is 1. The highest BCUT2D eigenvalue weighted by Gasteiger charge is 2.13. The molecule has 0 bridgehead atoms. The van der Waals surface area contributed by atoms with Crippen molar-refractivity contribution in [2.45, 2.75) is 26.7 Å². The third-order valence-electron chi connectivity index (χ3n) is 3.94. The summed E-state index contributed by atoms with van der Waals surface area (Å²) in [6, 6.07) is 4.36. The fourth-order valence-electron chi connectivity index (χ4n) is 2.87. The van der Waals surface area contributed by atoms with Crippen molar-refractivity contribution in [1.29, 1.82) is 0 Å². The van der Waals surface area contributed by atoms with Gasteiger partial charge in [0.15, 0.2) is 0 Å². The second-order valence-electron chi connectivity index (χ2n) is 5.58. The Bertz CT molecular complexity index is 411. The Morgan fingerprint density at radius 1 is 1.37 bits per heavy atom. The second kappa shape index (κ2) is 6.92. The van der Waals surface area contributed by atoms with Crippen LogP contribution < -0.4 is 15.4 Å². The average Bonchev–Trinajstić information content (AvgIpc) is 2.89. The van der Waals surface area contributed by atoms with Crippen LogP contribution in [0.5, 0.6) is 5.75 Å². The van der Waals surface area contributed by atoms with Crippen molar-refractivity contribution in [2.75, 3.05) is 33.3 Å². The second-order valence-corrected chi connectivity index (χ2v) is 5.58. The van der Waals surface area contributed by atoms with E-state index in [1.807, 2.05) is 0 Å². The van der Waals surface area contributed by atoms with Gasteiger partial charge >= 0.3 is 0 Å². The summed E-state index contributed by atoms with van der Waals surface area (Å²) in [6.07, 6.45) is 2.34. The Morgan fingerprint density at radius 3 is 2.89 bits per heavy atom. The summed E-state index contributed by atoms with van der Waals surface area (Å²) in [5.74, 6) is 1.84. The van der Waals surface area contributed by atoms with Crippen LogP contribution in [0.1, 0.15) is 23.1 Å². The van der Waals surface area contributed by atoms with Crippen LogP contribution in [0.15, 0.2) is 12.1 Å². The minimum atomic E-state index is 0.806. The van der Waals surface area contributed by atoms with Gasteiger partial charge in [-0.25, -0.2) is 0 Å². The van der Waals surface area contributed by atoms with Gasteiger partial charge in [0.25, 0.3) is 0 Å². The van der Waals surface area contributed by atoms with Crippen LogP contribution in [0.4, 0.5) is 0 Å². The molecule has 0 amide bonds. The monoisotopic (exact) mass is 262 g/mol. The van der Waals surface area contributed by atoms with Gasteiger partial charge in [0.2, 0.25) is 0 Å². The van der Waals surface area contributed by atoms with Crippen molar-refractivity contribution >= 4 is 0 Å². The standard InChI is InChI=1S/C16H26N2O/c1-12-8-13(2)15(16(9-12)19-3)5-7-18-11-14-4-6-17-10-14/h8-9,14,17-18H,4-7,10-11H2,1-3H3. The lowest BCUT2D eigenvalue weighted by molar-refractivity contribution is 0.407. The molecule has 0 saturated carbocycles. The van der Waals surface area contributed by atoms with Crippen molar-refractivity contribution in [3.05, 3.63) is 28.8 Å². The van der Waals surface area contributed by atoms with E-state index in [4.69, 9.17) is 4.74 Å². The molecular weight excluding hydrogens is 236 g/mol. The maximum absolute atomic E-state index is 5.50. The van der Waals surface area contributed by atoms with Gasteiger partial charge in [-0.3, -0.25) is 0 Å². The summed E-state index contributed by atoms with van der Waals surface area (Å²) < 4.78 is 5.50. The highest BCUT2D eigenvalue weighted by atomic mass is 16.5. The molecule has 106 valence electrons. The average molecular weight is 262 g/mol. The Balaban J connectivity index is 1.84. The van der Waals surface area contributed by atoms with Crippen molar-refractivity contribution in [3.63, 3.8) is 0 Å². The molecule has 1 atom stereocenters. The first-order chi connectivity index (χ1) is 9.20. The van der Waals surface area contributed by atoms with Crippen LogP contribution in [-0.2, 0) is 6.42 Å². The molecule has 0 aromatic heterocycles. The summed E-state index contributed by atoms with van der Waals surface area (Å²) in [4.78, 5) is 0. The van der Waals surface area contributed by atoms with Crippen molar-refractivity contribution in [3.8, 4) is 5.75 Å². The van der Waals surface area contributed by atoms with Crippen LogP contribution in [0.2, 0.25) is 0 Å². The fraction of sp³-hybridized carbons (Fsp3) is 0.625. The first kappa shape index (κ1) is 14.4. The molecule has 1 fully saturated rings. The topological polar surface area (TPSA) is 33.3 Å². The lowest BCUT2D eigenvalue weighted by Gasteiger charge is -2.14. The maximum atomic E-state index is 5.50. The van der Waals surface area contributed by atoms with Crippen LogP contribution in [0, 0.1) is 19.8 Å². The van der Waals surface area contributed by atoms with Gasteiger partial charge in [0, 0.05) is 0 Å². The zero-order valence-electron chi connectivity index (χ0n) is 12.4. The molecule has 2 rings (SSSR count). The summed E-state index contributed by atoms with van der Waals surface area (Å²) in [7, 11) is 1.76. The zero-order chi connectivity index (χ0) is 13.7. The fourth-order valence-corrected chi connectivity index (χ4v) is 2.87. The number of aryl methyl sites for hydroxylation is 2. The number of methoxy groups -OCH3 is 1. The van der Waals surface area contributed by atoms with Crippen molar-refractivity contribution < 1.29 is 4.74 Å². The molecule has 3 nitrogen and oxygen atoms in total. The molecule has 1 aliphatic rings. The minimum absolute atomic E-state index is 0.806. The van der Waals surface area contributed by atoms with Crippen LogP contribution in [0.25, 0.3) is 0 Å². The smallest absolute Gasteiger partial charge is 0.122 e. The van der Waals surface area contributed by atoms with Gasteiger partial charge in [0.05, 0.1) is 7.11 Å². The molecule has 2 N–H and O–H groups in total. The quantitative estimate of drug-likeness (QED) is 0.770. The molecule has 1 aromatic carbocycles. The Hall–Kier alpha value is -1.06. The first-order valence-corrected chi connectivity index (χ1v) is 7.26. The molecule has 1 heterocycles. The molecule has 19 heavy (non-hydrogen) atoms.